The zero-order valence-corrected chi connectivity index (χ0v) is 10.8. The third-order valence-electron chi connectivity index (χ3n) is 3.08. The van der Waals surface area contributed by atoms with Crippen LogP contribution < -0.4 is 0 Å². The van der Waals surface area contributed by atoms with Crippen LogP contribution in [0, 0.1) is 10.1 Å². The Morgan fingerprint density at radius 3 is 2.84 bits per heavy atom. The van der Waals surface area contributed by atoms with Crippen LogP contribution in [0.1, 0.15) is 23.2 Å². The number of hydrogen-bond donors (Lipinski definition) is 1. The highest BCUT2D eigenvalue weighted by atomic mass is 35.5. The normalized spacial score (nSPS) is 19.3. The fourth-order valence-corrected chi connectivity index (χ4v) is 2.36. The average Bonchev–Trinajstić information content (AvgIpc) is 2.37. The van der Waals surface area contributed by atoms with Crippen molar-refractivity contribution in [1.29, 1.82) is 0 Å². The van der Waals surface area contributed by atoms with Gasteiger partial charge in [0, 0.05) is 24.7 Å². The minimum absolute atomic E-state index is 0.0617. The molecule has 1 aromatic carbocycles. The standard InChI is InChI=1S/C12H13ClN2O4/c13-10-6-8(3-4-11(10)15(18)19)12(17)14-5-1-2-9(16)7-14/h3-4,6,9,16H,1-2,5,7H2/t9-/m0/s1. The van der Waals surface area contributed by atoms with Gasteiger partial charge in [-0.15, -0.1) is 0 Å². The number of piperidine rings is 1. The van der Waals surface area contributed by atoms with Crippen molar-refractivity contribution in [3.63, 3.8) is 0 Å². The Morgan fingerprint density at radius 1 is 1.53 bits per heavy atom. The van der Waals surface area contributed by atoms with Crippen LogP contribution in [0.2, 0.25) is 5.02 Å². The molecule has 1 amide bonds. The number of halogens is 1. The van der Waals surface area contributed by atoms with E-state index >= 15 is 0 Å². The molecule has 1 fully saturated rings. The fraction of sp³-hybridized carbons (Fsp3) is 0.417. The number of aliphatic hydroxyl groups excluding tert-OH is 1. The van der Waals surface area contributed by atoms with Gasteiger partial charge in [0.05, 0.1) is 11.0 Å². The Labute approximate surface area is 114 Å². The van der Waals surface area contributed by atoms with Crippen molar-refractivity contribution >= 4 is 23.2 Å². The number of likely N-dealkylation sites (tertiary alicyclic amines) is 1. The van der Waals surface area contributed by atoms with Crippen LogP contribution in [0.3, 0.4) is 0 Å². The number of benzene rings is 1. The molecule has 2 rings (SSSR count). The lowest BCUT2D eigenvalue weighted by molar-refractivity contribution is -0.384. The number of hydrogen-bond acceptors (Lipinski definition) is 4. The number of nitro benzene ring substituents is 1. The number of rotatable bonds is 2. The number of carbonyl (C=O) groups is 1. The predicted molar refractivity (Wildman–Crippen MR) is 69.3 cm³/mol. The van der Waals surface area contributed by atoms with E-state index in [1.54, 1.807) is 0 Å². The van der Waals surface area contributed by atoms with Gasteiger partial charge in [-0.1, -0.05) is 11.6 Å². The molecule has 7 heteroatoms. The third-order valence-corrected chi connectivity index (χ3v) is 3.38. The van der Waals surface area contributed by atoms with E-state index in [0.717, 1.165) is 6.42 Å². The van der Waals surface area contributed by atoms with Crippen molar-refractivity contribution < 1.29 is 14.8 Å². The van der Waals surface area contributed by atoms with Crippen LogP contribution in [-0.2, 0) is 0 Å². The van der Waals surface area contributed by atoms with Gasteiger partial charge in [0.1, 0.15) is 5.02 Å². The molecule has 0 bridgehead atoms. The van der Waals surface area contributed by atoms with Crippen molar-refractivity contribution in [2.24, 2.45) is 0 Å². The molecule has 0 spiro atoms. The fourth-order valence-electron chi connectivity index (χ4n) is 2.11. The SMILES string of the molecule is O=C(c1ccc([N+](=O)[O-])c(Cl)c1)N1CCC[C@H](O)C1. The Hall–Kier alpha value is -1.66. The van der Waals surface area contributed by atoms with Crippen LogP contribution in [0.15, 0.2) is 18.2 Å². The van der Waals surface area contributed by atoms with Gasteiger partial charge in [-0.25, -0.2) is 0 Å². The van der Waals surface area contributed by atoms with Crippen molar-refractivity contribution in [1.82, 2.24) is 4.90 Å². The summed E-state index contributed by atoms with van der Waals surface area (Å²) < 4.78 is 0. The molecule has 102 valence electrons. The maximum atomic E-state index is 12.2. The first-order chi connectivity index (χ1) is 8.99. The van der Waals surface area contributed by atoms with Gasteiger partial charge in [0.25, 0.3) is 11.6 Å². The van der Waals surface area contributed by atoms with Gasteiger partial charge in [0.15, 0.2) is 0 Å². The van der Waals surface area contributed by atoms with E-state index in [1.165, 1.54) is 23.1 Å². The second-order valence-corrected chi connectivity index (χ2v) is 4.88. The Balaban J connectivity index is 2.19. The molecule has 1 atom stereocenters. The molecular weight excluding hydrogens is 272 g/mol. The third kappa shape index (κ3) is 3.02. The molecule has 1 aliphatic rings. The first kappa shape index (κ1) is 13.8. The van der Waals surface area contributed by atoms with E-state index in [2.05, 4.69) is 0 Å². The summed E-state index contributed by atoms with van der Waals surface area (Å²) in [5, 5.41) is 20.1. The molecule has 1 aliphatic heterocycles. The van der Waals surface area contributed by atoms with Crippen molar-refractivity contribution in [2.75, 3.05) is 13.1 Å². The zero-order valence-electron chi connectivity index (χ0n) is 10.1. The second kappa shape index (κ2) is 5.54. The van der Waals surface area contributed by atoms with Crippen LogP contribution in [0.25, 0.3) is 0 Å². The summed E-state index contributed by atoms with van der Waals surface area (Å²) in [7, 11) is 0. The van der Waals surface area contributed by atoms with Gasteiger partial charge in [0.2, 0.25) is 0 Å². The van der Waals surface area contributed by atoms with Crippen molar-refractivity contribution in [3.05, 3.63) is 38.9 Å². The maximum absolute atomic E-state index is 12.2. The number of nitrogens with zero attached hydrogens (tertiary/aromatic N) is 2. The van der Waals surface area contributed by atoms with Crippen LogP contribution in [0.4, 0.5) is 5.69 Å². The number of nitro groups is 1. The predicted octanol–water partition coefficient (Wildman–Crippen LogP) is 1.85. The van der Waals surface area contributed by atoms with E-state index in [0.29, 0.717) is 18.5 Å². The summed E-state index contributed by atoms with van der Waals surface area (Å²) in [6.07, 6.45) is 0.921. The molecule has 0 aromatic heterocycles. The van der Waals surface area contributed by atoms with Gasteiger partial charge < -0.3 is 10.0 Å². The summed E-state index contributed by atoms with van der Waals surface area (Å²) in [6, 6.07) is 3.90. The summed E-state index contributed by atoms with van der Waals surface area (Å²) >= 11 is 5.77. The Bertz CT molecular complexity index is 520. The summed E-state index contributed by atoms with van der Waals surface area (Å²) in [6.45, 7) is 0.859. The van der Waals surface area contributed by atoms with E-state index in [1.807, 2.05) is 0 Å². The molecule has 0 unspecified atom stereocenters. The van der Waals surface area contributed by atoms with Gasteiger partial charge in [-0.3, -0.25) is 14.9 Å². The lowest BCUT2D eigenvalue weighted by atomic mass is 10.1. The molecule has 0 aliphatic carbocycles. The largest absolute Gasteiger partial charge is 0.391 e. The zero-order chi connectivity index (χ0) is 14.0. The smallest absolute Gasteiger partial charge is 0.287 e. The van der Waals surface area contributed by atoms with E-state index in [9.17, 15) is 20.0 Å². The second-order valence-electron chi connectivity index (χ2n) is 4.47. The average molecular weight is 285 g/mol. The van der Waals surface area contributed by atoms with Gasteiger partial charge in [-0.2, -0.15) is 0 Å². The van der Waals surface area contributed by atoms with Crippen molar-refractivity contribution in [2.45, 2.75) is 18.9 Å². The van der Waals surface area contributed by atoms with E-state index < -0.39 is 11.0 Å². The number of amides is 1. The molecular formula is C12H13ClN2O4. The van der Waals surface area contributed by atoms with Crippen molar-refractivity contribution in [3.8, 4) is 0 Å². The van der Waals surface area contributed by atoms with E-state index in [-0.39, 0.29) is 23.2 Å². The van der Waals surface area contributed by atoms with Crippen LogP contribution in [0.5, 0.6) is 0 Å². The molecule has 6 nitrogen and oxygen atoms in total. The highest BCUT2D eigenvalue weighted by Crippen LogP contribution is 2.26. The number of β-amino-alcohol motifs (C(OH)–C–C–N with tert-alkyl or cyclic N) is 1. The number of aliphatic hydroxyl groups is 1. The quantitative estimate of drug-likeness (QED) is 0.663. The molecule has 0 radical (unpaired) electrons. The first-order valence-corrected chi connectivity index (χ1v) is 6.28. The minimum atomic E-state index is -0.596. The minimum Gasteiger partial charge on any atom is -0.391 e. The molecule has 1 N–H and O–H groups in total. The summed E-state index contributed by atoms with van der Waals surface area (Å²) in [5.41, 5.74) is 0.0709. The highest BCUT2D eigenvalue weighted by molar-refractivity contribution is 6.33. The first-order valence-electron chi connectivity index (χ1n) is 5.90. The lowest BCUT2D eigenvalue weighted by Gasteiger charge is -2.30. The van der Waals surface area contributed by atoms with Gasteiger partial charge >= 0.3 is 0 Å². The van der Waals surface area contributed by atoms with Crippen LogP contribution in [-0.4, -0.2) is 40.0 Å². The lowest BCUT2D eigenvalue weighted by Crippen LogP contribution is -2.42. The molecule has 1 aromatic rings. The summed E-state index contributed by atoms with van der Waals surface area (Å²) in [4.78, 5) is 23.7. The van der Waals surface area contributed by atoms with Crippen LogP contribution >= 0.6 is 11.6 Å². The van der Waals surface area contributed by atoms with E-state index in [4.69, 9.17) is 11.6 Å². The summed E-state index contributed by atoms with van der Waals surface area (Å²) in [5.74, 6) is -0.268. The van der Waals surface area contributed by atoms with Gasteiger partial charge in [-0.05, 0) is 25.0 Å². The molecule has 19 heavy (non-hydrogen) atoms. The Morgan fingerprint density at radius 2 is 2.26 bits per heavy atom. The maximum Gasteiger partial charge on any atom is 0.287 e. The topological polar surface area (TPSA) is 83.7 Å². The monoisotopic (exact) mass is 284 g/mol. The number of carbonyl (C=O) groups excluding carboxylic acids is 1. The highest BCUT2D eigenvalue weighted by Gasteiger charge is 2.24. The molecule has 1 heterocycles. The molecule has 1 saturated heterocycles. The molecule has 0 saturated carbocycles. The Kier molecular flexibility index (Phi) is 4.01.